The SMILES string of the molecule is BrB(Br)Br.COc1cccc(-c2ccc3[nH]nc(-c4nc5ccccc5[nH]4)c3c2)c1.COc1cccc(-c2ccc3c(c2)c(-c2nc4ccccc4n2COCC[Si](C)(C)C)nn3COCC[Si](C)(C)C)c1.CSC. The first-order valence-corrected chi connectivity index (χ1v) is 36.4. The van der Waals surface area contributed by atoms with E-state index in [1.54, 1.807) is 26.0 Å². The summed E-state index contributed by atoms with van der Waals surface area (Å²) in [5, 5.41) is 14.8. The van der Waals surface area contributed by atoms with E-state index in [-0.39, 0.29) is 3.18 Å². The van der Waals surface area contributed by atoms with Crippen molar-refractivity contribution in [1.82, 2.24) is 39.5 Å². The number of thioether (sulfide) groups is 1. The molecule has 0 bridgehead atoms. The van der Waals surface area contributed by atoms with Crippen LogP contribution >= 0.6 is 59.0 Å². The number of methoxy groups -OCH3 is 2. The summed E-state index contributed by atoms with van der Waals surface area (Å²) in [6.45, 7) is 16.5. The fourth-order valence-electron chi connectivity index (χ4n) is 8.12. The molecule has 10 aromatic rings. The van der Waals surface area contributed by atoms with Crippen molar-refractivity contribution < 1.29 is 18.9 Å². The zero-order chi connectivity index (χ0) is 53.7. The molecule has 4 heterocycles. The highest BCUT2D eigenvalue weighted by Crippen LogP contribution is 2.35. The zero-order valence-electron chi connectivity index (χ0n) is 44.4. The molecule has 12 nitrogen and oxygen atoms in total. The Hall–Kier alpha value is -4.99. The van der Waals surface area contributed by atoms with Gasteiger partial charge in [0.1, 0.15) is 36.3 Å². The molecular formula is C56H66BBr3N8O4SSi2. The van der Waals surface area contributed by atoms with E-state index in [1.165, 1.54) is 0 Å². The number of H-pyrrole nitrogens is 2. The number of hydrogen-bond acceptors (Lipinski definition) is 9. The van der Waals surface area contributed by atoms with Crippen LogP contribution in [-0.2, 0) is 22.9 Å². The van der Waals surface area contributed by atoms with E-state index in [9.17, 15) is 0 Å². The van der Waals surface area contributed by atoms with Gasteiger partial charge in [-0.25, -0.2) is 14.6 Å². The predicted octanol–water partition coefficient (Wildman–Crippen LogP) is 16.3. The molecule has 0 unspecified atom stereocenters. The van der Waals surface area contributed by atoms with Crippen molar-refractivity contribution in [2.24, 2.45) is 0 Å². The Morgan fingerprint density at radius 2 is 1.12 bits per heavy atom. The second kappa shape index (κ2) is 26.9. The molecular weight excluding hydrogens is 1190 g/mol. The molecule has 0 saturated heterocycles. The first-order chi connectivity index (χ1) is 36.0. The van der Waals surface area contributed by atoms with E-state index < -0.39 is 16.1 Å². The molecule has 0 spiro atoms. The number of para-hydroxylation sites is 4. The van der Waals surface area contributed by atoms with Crippen molar-refractivity contribution in [3.8, 4) is 56.8 Å². The summed E-state index contributed by atoms with van der Waals surface area (Å²) in [5.41, 5.74) is 11.9. The smallest absolute Gasteiger partial charge is 0.369 e. The quantitative estimate of drug-likeness (QED) is 0.0717. The van der Waals surface area contributed by atoms with Crippen LogP contribution in [0, 0.1) is 0 Å². The normalized spacial score (nSPS) is 11.5. The van der Waals surface area contributed by atoms with E-state index in [0.717, 1.165) is 126 Å². The Morgan fingerprint density at radius 1 is 0.573 bits per heavy atom. The van der Waals surface area contributed by atoms with Gasteiger partial charge in [0.25, 0.3) is 0 Å². The van der Waals surface area contributed by atoms with Gasteiger partial charge in [0.05, 0.1) is 47.3 Å². The number of rotatable bonds is 16. The molecule has 0 fully saturated rings. The molecule has 10 rings (SSSR count). The summed E-state index contributed by atoms with van der Waals surface area (Å²) < 4.78 is 27.7. The molecule has 0 atom stereocenters. The topological polar surface area (TPSA) is 130 Å². The second-order valence-electron chi connectivity index (χ2n) is 20.2. The fraction of sp³-hybridized carbons (Fsp3) is 0.286. The third-order valence-corrected chi connectivity index (χ3v) is 15.4. The van der Waals surface area contributed by atoms with Crippen LogP contribution < -0.4 is 9.47 Å². The standard InChI is InChI=1S/C33H44N4O3Si2.C21H16N4O.C2H6S.BBr3/c1-38-27-12-10-11-25(21-27)26-15-16-30-28(22-26)32(35-37(30)24-40-18-20-42(5,6)7)33-34-29-13-8-9-14-31(29)36(33)23-39-17-19-41(2,3)4;1-26-15-6-4-5-13(11-15)14-9-10-17-16(12-14)20(25-24-17)21-22-18-7-2-3-8-19(18)23-21;1-3-2;2-1(3)4/h8-16,21-22H,17-20,23-24H2,1-7H3;2-12H,1H3,(H,22,23)(H,24,25);1-2H3;. The summed E-state index contributed by atoms with van der Waals surface area (Å²) in [7, 11) is 0.979. The van der Waals surface area contributed by atoms with Gasteiger partial charge in [-0.05, 0) is 120 Å². The fourth-order valence-corrected chi connectivity index (χ4v) is 9.63. The van der Waals surface area contributed by atoms with Gasteiger partial charge < -0.3 is 23.9 Å². The largest absolute Gasteiger partial charge is 0.497 e. The van der Waals surface area contributed by atoms with Crippen molar-refractivity contribution in [3.05, 3.63) is 133 Å². The molecule has 0 aliphatic rings. The Labute approximate surface area is 472 Å². The summed E-state index contributed by atoms with van der Waals surface area (Å²) in [6.07, 6.45) is 4.08. The molecule has 0 aliphatic carbocycles. The first-order valence-electron chi connectivity index (χ1n) is 24.6. The van der Waals surface area contributed by atoms with Gasteiger partial charge in [0.15, 0.2) is 11.6 Å². The minimum absolute atomic E-state index is 0.271. The van der Waals surface area contributed by atoms with Crippen LogP contribution in [0.1, 0.15) is 0 Å². The Morgan fingerprint density at radius 3 is 1.72 bits per heavy atom. The maximum atomic E-state index is 6.26. The third-order valence-electron chi connectivity index (χ3n) is 12.0. The second-order valence-corrected chi connectivity index (χ2v) is 38.7. The number of halogens is 3. The molecule has 4 aromatic heterocycles. The zero-order valence-corrected chi connectivity index (χ0v) is 52.0. The number of aromatic nitrogens is 8. The van der Waals surface area contributed by atoms with Gasteiger partial charge in [0.2, 0.25) is 0 Å². The number of fused-ring (bicyclic) bond motifs is 4. The number of nitrogens with one attached hydrogen (secondary N) is 2. The maximum Gasteiger partial charge on any atom is 0.369 e. The van der Waals surface area contributed by atoms with E-state index in [1.807, 2.05) is 83.9 Å². The van der Waals surface area contributed by atoms with Crippen LogP contribution in [0.5, 0.6) is 11.5 Å². The van der Waals surface area contributed by atoms with Crippen LogP contribution in [0.25, 0.3) is 89.2 Å². The lowest BCUT2D eigenvalue weighted by molar-refractivity contribution is 0.0817. The highest BCUT2D eigenvalue weighted by molar-refractivity contribution is 9.69. The molecule has 75 heavy (non-hydrogen) atoms. The van der Waals surface area contributed by atoms with Crippen molar-refractivity contribution >= 4 is 122 Å². The van der Waals surface area contributed by atoms with Crippen molar-refractivity contribution in [3.63, 3.8) is 0 Å². The summed E-state index contributed by atoms with van der Waals surface area (Å²) >= 11 is 11.1. The average molecular weight is 1250 g/mol. The number of aromatic amines is 2. The van der Waals surface area contributed by atoms with Gasteiger partial charge in [-0.15, -0.1) is 47.3 Å². The van der Waals surface area contributed by atoms with Crippen molar-refractivity contribution in [2.45, 2.75) is 64.8 Å². The van der Waals surface area contributed by atoms with Crippen LogP contribution in [-0.4, -0.2) is 98.8 Å². The predicted molar refractivity (Wildman–Crippen MR) is 334 cm³/mol. The van der Waals surface area contributed by atoms with Crippen molar-refractivity contribution in [2.75, 3.05) is 39.9 Å². The van der Waals surface area contributed by atoms with E-state index in [4.69, 9.17) is 29.0 Å². The lowest BCUT2D eigenvalue weighted by Crippen LogP contribution is -2.22. The van der Waals surface area contributed by atoms with Crippen LogP contribution in [0.4, 0.5) is 0 Å². The monoisotopic (exact) mass is 1250 g/mol. The number of benzene rings is 6. The Kier molecular flexibility index (Phi) is 20.7. The summed E-state index contributed by atoms with van der Waals surface area (Å²) in [6, 6.07) is 47.4. The van der Waals surface area contributed by atoms with Crippen LogP contribution in [0.3, 0.4) is 0 Å². The van der Waals surface area contributed by atoms with E-state index >= 15 is 0 Å². The minimum atomic E-state index is -1.20. The Balaban J connectivity index is 0.000000210. The molecule has 0 radical (unpaired) electrons. The van der Waals surface area contributed by atoms with Crippen LogP contribution in [0.2, 0.25) is 51.4 Å². The molecule has 0 amide bonds. The number of imidazole rings is 2. The molecule has 392 valence electrons. The number of nitrogens with zero attached hydrogens (tertiary/aromatic N) is 6. The lowest BCUT2D eigenvalue weighted by atomic mass is 10.0. The Bertz CT molecular complexity index is 3410. The number of ether oxygens (including phenoxy) is 4. The highest BCUT2D eigenvalue weighted by atomic mass is 79.9. The number of hydrogen-bond donors (Lipinski definition) is 2. The van der Waals surface area contributed by atoms with Gasteiger partial charge in [0, 0.05) is 40.1 Å². The molecule has 19 heteroatoms. The van der Waals surface area contributed by atoms with Crippen molar-refractivity contribution in [1.29, 1.82) is 0 Å². The maximum absolute atomic E-state index is 6.26. The van der Waals surface area contributed by atoms with Gasteiger partial charge in [-0.1, -0.05) is 99.9 Å². The average Bonchev–Trinajstić information content (AvgIpc) is 4.19. The molecule has 2 N–H and O–H groups in total. The summed E-state index contributed by atoms with van der Waals surface area (Å²) in [5.74, 6) is 3.24. The highest BCUT2D eigenvalue weighted by Gasteiger charge is 2.22. The molecule has 6 aromatic carbocycles. The van der Waals surface area contributed by atoms with Gasteiger partial charge in [-0.3, -0.25) is 9.67 Å². The van der Waals surface area contributed by atoms with Crippen LogP contribution in [0.15, 0.2) is 133 Å². The first kappa shape index (κ1) is 57.7. The summed E-state index contributed by atoms with van der Waals surface area (Å²) in [4.78, 5) is 13.1. The third kappa shape index (κ3) is 15.8. The minimum Gasteiger partial charge on any atom is -0.497 e. The van der Waals surface area contributed by atoms with E-state index in [0.29, 0.717) is 13.5 Å². The van der Waals surface area contributed by atoms with Gasteiger partial charge in [-0.2, -0.15) is 22.0 Å². The van der Waals surface area contributed by atoms with Gasteiger partial charge >= 0.3 is 3.18 Å². The molecule has 0 aliphatic heterocycles. The molecule has 0 saturated carbocycles. The lowest BCUT2D eigenvalue weighted by Gasteiger charge is -2.16. The van der Waals surface area contributed by atoms with E-state index in [2.05, 4.69) is 178 Å².